The number of guanidine groups is 1. The first-order chi connectivity index (χ1) is 11.6. The van der Waals surface area contributed by atoms with E-state index in [9.17, 15) is 16.8 Å². The summed E-state index contributed by atoms with van der Waals surface area (Å²) in [5.41, 5.74) is 0. The van der Waals surface area contributed by atoms with Gasteiger partial charge in [-0.3, -0.25) is 4.99 Å². The first-order valence-electron chi connectivity index (χ1n) is 8.88. The Morgan fingerprint density at radius 1 is 1.31 bits per heavy atom. The van der Waals surface area contributed by atoms with Gasteiger partial charge in [-0.15, -0.1) is 24.0 Å². The third-order valence-corrected chi connectivity index (χ3v) is 8.34. The van der Waals surface area contributed by atoms with Crippen LogP contribution in [0.15, 0.2) is 4.99 Å². The van der Waals surface area contributed by atoms with Crippen molar-refractivity contribution < 1.29 is 16.8 Å². The van der Waals surface area contributed by atoms with Crippen molar-refractivity contribution in [2.24, 2.45) is 10.9 Å². The molecule has 2 aliphatic rings. The number of aliphatic imine (C=N–C) groups is 1. The van der Waals surface area contributed by atoms with E-state index in [-0.39, 0.29) is 47.4 Å². The second-order valence-corrected chi connectivity index (χ2v) is 11.4. The molecular weight excluding hydrogens is 491 g/mol. The molecule has 2 unspecified atom stereocenters. The van der Waals surface area contributed by atoms with Gasteiger partial charge in [-0.25, -0.2) is 21.6 Å². The Bertz CT molecular complexity index is 694. The molecule has 154 valence electrons. The van der Waals surface area contributed by atoms with E-state index in [4.69, 9.17) is 0 Å². The quantitative estimate of drug-likeness (QED) is 0.297. The van der Waals surface area contributed by atoms with Crippen LogP contribution in [0.3, 0.4) is 0 Å². The van der Waals surface area contributed by atoms with Crippen LogP contribution in [0.2, 0.25) is 0 Å². The predicted molar refractivity (Wildman–Crippen MR) is 115 cm³/mol. The van der Waals surface area contributed by atoms with E-state index in [0.717, 1.165) is 0 Å². The minimum atomic E-state index is -3.34. The zero-order valence-corrected chi connectivity index (χ0v) is 19.6. The number of rotatable bonds is 6. The van der Waals surface area contributed by atoms with E-state index in [1.807, 2.05) is 25.7 Å². The zero-order valence-electron chi connectivity index (χ0n) is 15.6. The third kappa shape index (κ3) is 6.79. The molecule has 11 heteroatoms. The van der Waals surface area contributed by atoms with E-state index in [2.05, 4.69) is 15.0 Å². The third-order valence-electron chi connectivity index (χ3n) is 4.44. The molecule has 0 spiro atoms. The molecule has 2 aliphatic heterocycles. The number of likely N-dealkylation sites (tertiary alicyclic amines) is 1. The standard InChI is InChI=1S/C15H30N4O4S2.HI/c1-4-16-15(17-9-13-6-8-24(20,21)11-13)19-7-5-14(10-19)25(22,23)18-12(2)3;/h12-14,18H,4-11H2,1-3H3,(H,16,17);1H. The predicted octanol–water partition coefficient (Wildman–Crippen LogP) is 0.407. The molecule has 2 fully saturated rings. The molecule has 2 rings (SSSR count). The van der Waals surface area contributed by atoms with Crippen LogP contribution in [0.25, 0.3) is 0 Å². The summed E-state index contributed by atoms with van der Waals surface area (Å²) in [6, 6.07) is -0.120. The number of nitrogens with zero attached hydrogens (tertiary/aromatic N) is 2. The smallest absolute Gasteiger partial charge is 0.216 e. The average Bonchev–Trinajstić information content (AvgIpc) is 3.09. The Morgan fingerprint density at radius 2 is 2.00 bits per heavy atom. The van der Waals surface area contributed by atoms with E-state index in [1.165, 1.54) is 0 Å². The molecule has 0 saturated carbocycles. The fraction of sp³-hybridized carbons (Fsp3) is 0.933. The summed E-state index contributed by atoms with van der Waals surface area (Å²) in [5, 5.41) is 2.74. The van der Waals surface area contributed by atoms with Crippen molar-refractivity contribution in [3.63, 3.8) is 0 Å². The number of hydrogen-bond acceptors (Lipinski definition) is 5. The van der Waals surface area contributed by atoms with Crippen molar-refractivity contribution in [2.45, 2.75) is 44.9 Å². The lowest BCUT2D eigenvalue weighted by atomic mass is 10.1. The lowest BCUT2D eigenvalue weighted by Gasteiger charge is -2.22. The van der Waals surface area contributed by atoms with Crippen molar-refractivity contribution in [1.29, 1.82) is 0 Å². The van der Waals surface area contributed by atoms with Gasteiger partial charge in [-0.05, 0) is 39.5 Å². The van der Waals surface area contributed by atoms with Gasteiger partial charge in [0.15, 0.2) is 15.8 Å². The van der Waals surface area contributed by atoms with Gasteiger partial charge >= 0.3 is 0 Å². The molecule has 0 bridgehead atoms. The maximum atomic E-state index is 12.3. The van der Waals surface area contributed by atoms with Crippen molar-refractivity contribution >= 4 is 49.8 Å². The maximum absolute atomic E-state index is 12.3. The maximum Gasteiger partial charge on any atom is 0.216 e. The molecular formula is C15H31IN4O4S2. The molecule has 2 heterocycles. The molecule has 2 saturated heterocycles. The lowest BCUT2D eigenvalue weighted by molar-refractivity contribution is 0.484. The molecule has 0 aromatic carbocycles. The van der Waals surface area contributed by atoms with Crippen LogP contribution in [-0.2, 0) is 19.9 Å². The highest BCUT2D eigenvalue weighted by molar-refractivity contribution is 14.0. The number of nitrogens with one attached hydrogen (secondary N) is 2. The fourth-order valence-electron chi connectivity index (χ4n) is 3.26. The van der Waals surface area contributed by atoms with Gasteiger partial charge in [0.2, 0.25) is 10.0 Å². The van der Waals surface area contributed by atoms with Crippen LogP contribution in [0.4, 0.5) is 0 Å². The van der Waals surface area contributed by atoms with Gasteiger partial charge < -0.3 is 10.2 Å². The van der Waals surface area contributed by atoms with Crippen LogP contribution in [0.1, 0.15) is 33.6 Å². The monoisotopic (exact) mass is 522 g/mol. The van der Waals surface area contributed by atoms with Gasteiger partial charge in [-0.1, -0.05) is 0 Å². The van der Waals surface area contributed by atoms with Crippen molar-refractivity contribution in [1.82, 2.24) is 14.9 Å². The molecule has 2 N–H and O–H groups in total. The first kappa shape index (κ1) is 23.9. The van der Waals surface area contributed by atoms with E-state index in [0.29, 0.717) is 45.0 Å². The van der Waals surface area contributed by atoms with Crippen molar-refractivity contribution in [3.05, 3.63) is 0 Å². The highest BCUT2D eigenvalue weighted by Crippen LogP contribution is 2.20. The van der Waals surface area contributed by atoms with Crippen LogP contribution in [0, 0.1) is 5.92 Å². The molecule has 8 nitrogen and oxygen atoms in total. The molecule has 0 aromatic rings. The molecule has 0 amide bonds. The van der Waals surface area contributed by atoms with Gasteiger partial charge in [-0.2, -0.15) is 0 Å². The van der Waals surface area contributed by atoms with Crippen molar-refractivity contribution in [3.8, 4) is 0 Å². The van der Waals surface area contributed by atoms with Gasteiger partial charge in [0.1, 0.15) is 0 Å². The number of hydrogen-bond donors (Lipinski definition) is 2. The Morgan fingerprint density at radius 3 is 2.54 bits per heavy atom. The van der Waals surface area contributed by atoms with Gasteiger partial charge in [0.25, 0.3) is 0 Å². The van der Waals surface area contributed by atoms with E-state index >= 15 is 0 Å². The summed E-state index contributed by atoms with van der Waals surface area (Å²) < 4.78 is 50.5. The molecule has 2 atom stereocenters. The van der Waals surface area contributed by atoms with Gasteiger partial charge in [0.05, 0.1) is 16.8 Å². The molecule has 0 aromatic heterocycles. The Kier molecular flexibility index (Phi) is 9.08. The topological polar surface area (TPSA) is 108 Å². The summed E-state index contributed by atoms with van der Waals surface area (Å²) in [4.78, 5) is 6.53. The summed E-state index contributed by atoms with van der Waals surface area (Å²) in [6.45, 7) is 7.74. The Hall–Kier alpha value is -0.140. The summed E-state index contributed by atoms with van der Waals surface area (Å²) in [7, 11) is -6.25. The number of sulfonamides is 1. The van der Waals surface area contributed by atoms with Crippen LogP contribution in [-0.4, -0.2) is 76.7 Å². The van der Waals surface area contributed by atoms with Crippen LogP contribution < -0.4 is 10.0 Å². The SMILES string of the molecule is CCNC(=NCC1CCS(=O)(=O)C1)N1CCC(S(=O)(=O)NC(C)C)C1.I. The normalized spacial score (nSPS) is 26.2. The van der Waals surface area contributed by atoms with Gasteiger partial charge in [0, 0.05) is 32.2 Å². The zero-order chi connectivity index (χ0) is 18.7. The molecule has 0 radical (unpaired) electrons. The minimum Gasteiger partial charge on any atom is -0.357 e. The minimum absolute atomic E-state index is 0. The molecule has 0 aliphatic carbocycles. The fourth-order valence-corrected chi connectivity index (χ4v) is 6.75. The summed E-state index contributed by atoms with van der Waals surface area (Å²) >= 11 is 0. The summed E-state index contributed by atoms with van der Waals surface area (Å²) in [6.07, 6.45) is 1.21. The highest BCUT2D eigenvalue weighted by atomic mass is 127. The van der Waals surface area contributed by atoms with Crippen LogP contribution >= 0.6 is 24.0 Å². The van der Waals surface area contributed by atoms with Crippen molar-refractivity contribution in [2.75, 3.05) is 37.7 Å². The number of sulfone groups is 1. The van der Waals surface area contributed by atoms with Crippen LogP contribution in [0.5, 0.6) is 0 Å². The number of halogens is 1. The molecule has 26 heavy (non-hydrogen) atoms. The second-order valence-electron chi connectivity index (χ2n) is 7.14. The first-order valence-corrected chi connectivity index (χ1v) is 12.2. The lowest BCUT2D eigenvalue weighted by Crippen LogP contribution is -2.43. The Labute approximate surface area is 174 Å². The Balaban J connectivity index is 0.00000338. The average molecular weight is 522 g/mol. The van der Waals surface area contributed by atoms with E-state index < -0.39 is 25.1 Å². The summed E-state index contributed by atoms with van der Waals surface area (Å²) in [5.74, 6) is 1.18. The largest absolute Gasteiger partial charge is 0.357 e. The highest BCUT2D eigenvalue weighted by Gasteiger charge is 2.35. The second kappa shape index (κ2) is 9.87. The van der Waals surface area contributed by atoms with E-state index in [1.54, 1.807) is 0 Å².